The summed E-state index contributed by atoms with van der Waals surface area (Å²) < 4.78 is 10.4. The highest BCUT2D eigenvalue weighted by molar-refractivity contribution is 6.18. The van der Waals surface area contributed by atoms with E-state index in [2.05, 4.69) is 6.92 Å². The molecule has 0 saturated carbocycles. The van der Waals surface area contributed by atoms with E-state index in [0.717, 1.165) is 24.2 Å². The molecule has 1 aliphatic rings. The second kappa shape index (κ2) is 5.04. The third-order valence-electron chi connectivity index (χ3n) is 2.78. The fourth-order valence-electron chi connectivity index (χ4n) is 1.92. The Labute approximate surface area is 101 Å². The summed E-state index contributed by atoms with van der Waals surface area (Å²) in [5.41, 5.74) is 1.50. The number of methoxy groups -OCH3 is 1. The van der Waals surface area contributed by atoms with Crippen molar-refractivity contribution >= 4 is 11.5 Å². The lowest BCUT2D eigenvalue weighted by atomic mass is 10.0. The molecular formula is C14H16O3. The van der Waals surface area contributed by atoms with Gasteiger partial charge in [-0.2, -0.15) is 0 Å². The average molecular weight is 232 g/mol. The molecule has 0 N–H and O–H groups in total. The number of cyclic esters (lactones) is 1. The zero-order valence-electron chi connectivity index (χ0n) is 10.1. The minimum absolute atomic E-state index is 0.0753. The van der Waals surface area contributed by atoms with Crippen LogP contribution >= 0.6 is 0 Å². The van der Waals surface area contributed by atoms with Crippen molar-refractivity contribution in [1.82, 2.24) is 0 Å². The van der Waals surface area contributed by atoms with E-state index >= 15 is 0 Å². The first kappa shape index (κ1) is 11.7. The van der Waals surface area contributed by atoms with Crippen LogP contribution in [0.2, 0.25) is 0 Å². The molecular weight excluding hydrogens is 216 g/mol. The van der Waals surface area contributed by atoms with Crippen LogP contribution in [0.25, 0.3) is 5.57 Å². The van der Waals surface area contributed by atoms with E-state index in [1.807, 2.05) is 30.3 Å². The van der Waals surface area contributed by atoms with Gasteiger partial charge in [-0.25, -0.2) is 4.79 Å². The minimum atomic E-state index is -0.239. The van der Waals surface area contributed by atoms with Crippen molar-refractivity contribution in [3.63, 3.8) is 0 Å². The Morgan fingerprint density at radius 3 is 2.94 bits per heavy atom. The SMILES string of the molecule is CCCC1C=C(c2cccc(OC)c2)C(=O)O1. The second-order valence-corrected chi connectivity index (χ2v) is 4.04. The van der Waals surface area contributed by atoms with Crippen LogP contribution in [0.15, 0.2) is 30.3 Å². The van der Waals surface area contributed by atoms with Gasteiger partial charge in [0.25, 0.3) is 0 Å². The quantitative estimate of drug-likeness (QED) is 0.749. The predicted molar refractivity (Wildman–Crippen MR) is 65.8 cm³/mol. The van der Waals surface area contributed by atoms with Crippen LogP contribution in [0.3, 0.4) is 0 Å². The lowest BCUT2D eigenvalue weighted by molar-refractivity contribution is -0.137. The smallest absolute Gasteiger partial charge is 0.339 e. The molecule has 1 aliphatic heterocycles. The average Bonchev–Trinajstić information content (AvgIpc) is 2.71. The zero-order valence-corrected chi connectivity index (χ0v) is 10.1. The van der Waals surface area contributed by atoms with Crippen LogP contribution in [-0.4, -0.2) is 19.2 Å². The van der Waals surface area contributed by atoms with Crippen LogP contribution < -0.4 is 4.74 Å². The molecule has 1 aromatic carbocycles. The Morgan fingerprint density at radius 1 is 1.41 bits per heavy atom. The second-order valence-electron chi connectivity index (χ2n) is 4.04. The number of ether oxygens (including phenoxy) is 2. The number of hydrogen-bond acceptors (Lipinski definition) is 3. The van der Waals surface area contributed by atoms with Crippen LogP contribution in [0.4, 0.5) is 0 Å². The highest BCUT2D eigenvalue weighted by atomic mass is 16.5. The molecule has 2 rings (SSSR count). The molecule has 0 saturated heterocycles. The maximum atomic E-state index is 11.7. The first-order valence-electron chi connectivity index (χ1n) is 5.82. The first-order chi connectivity index (χ1) is 8.24. The fraction of sp³-hybridized carbons (Fsp3) is 0.357. The lowest BCUT2D eigenvalue weighted by Gasteiger charge is -2.04. The van der Waals surface area contributed by atoms with Crippen LogP contribution in [0.5, 0.6) is 5.75 Å². The van der Waals surface area contributed by atoms with Crippen LogP contribution in [-0.2, 0) is 9.53 Å². The standard InChI is InChI=1S/C14H16O3/c1-3-5-12-9-13(14(15)17-12)10-6-4-7-11(8-10)16-2/h4,6-9,12H,3,5H2,1-2H3. The van der Waals surface area contributed by atoms with Crippen molar-refractivity contribution in [1.29, 1.82) is 0 Å². The summed E-state index contributed by atoms with van der Waals surface area (Å²) in [5.74, 6) is 0.506. The van der Waals surface area contributed by atoms with Gasteiger partial charge in [0.1, 0.15) is 11.9 Å². The number of benzene rings is 1. The summed E-state index contributed by atoms with van der Waals surface area (Å²) in [5, 5.41) is 0. The Bertz CT molecular complexity index is 449. The van der Waals surface area contributed by atoms with Gasteiger partial charge in [-0.15, -0.1) is 0 Å². The maximum Gasteiger partial charge on any atom is 0.339 e. The van der Waals surface area contributed by atoms with Gasteiger partial charge in [0.05, 0.1) is 12.7 Å². The molecule has 17 heavy (non-hydrogen) atoms. The molecule has 1 atom stereocenters. The molecule has 1 aromatic rings. The Balaban J connectivity index is 2.26. The van der Waals surface area contributed by atoms with Gasteiger partial charge in [-0.05, 0) is 30.2 Å². The third kappa shape index (κ3) is 2.49. The lowest BCUT2D eigenvalue weighted by Crippen LogP contribution is -2.07. The topological polar surface area (TPSA) is 35.5 Å². The van der Waals surface area contributed by atoms with E-state index in [9.17, 15) is 4.79 Å². The van der Waals surface area contributed by atoms with E-state index in [-0.39, 0.29) is 12.1 Å². The molecule has 90 valence electrons. The van der Waals surface area contributed by atoms with Gasteiger partial charge in [0, 0.05) is 0 Å². The zero-order chi connectivity index (χ0) is 12.3. The van der Waals surface area contributed by atoms with Crippen LogP contribution in [0, 0.1) is 0 Å². The van der Waals surface area contributed by atoms with Crippen molar-refractivity contribution in [2.24, 2.45) is 0 Å². The molecule has 1 unspecified atom stereocenters. The molecule has 3 nitrogen and oxygen atoms in total. The summed E-state index contributed by atoms with van der Waals surface area (Å²) in [7, 11) is 1.61. The highest BCUT2D eigenvalue weighted by Crippen LogP contribution is 2.27. The molecule has 1 heterocycles. The van der Waals surface area contributed by atoms with E-state index in [1.165, 1.54) is 0 Å². The highest BCUT2D eigenvalue weighted by Gasteiger charge is 2.25. The third-order valence-corrected chi connectivity index (χ3v) is 2.78. The molecule has 0 radical (unpaired) electrons. The summed E-state index contributed by atoms with van der Waals surface area (Å²) in [6, 6.07) is 7.47. The number of esters is 1. The van der Waals surface area contributed by atoms with E-state index in [0.29, 0.717) is 5.57 Å². The maximum absolute atomic E-state index is 11.7. The van der Waals surface area contributed by atoms with Gasteiger partial charge in [0.15, 0.2) is 0 Å². The predicted octanol–water partition coefficient (Wildman–Crippen LogP) is 2.80. The van der Waals surface area contributed by atoms with E-state index in [4.69, 9.17) is 9.47 Å². The van der Waals surface area contributed by atoms with Crippen molar-refractivity contribution in [3.05, 3.63) is 35.9 Å². The van der Waals surface area contributed by atoms with E-state index in [1.54, 1.807) is 7.11 Å². The largest absolute Gasteiger partial charge is 0.497 e. The summed E-state index contributed by atoms with van der Waals surface area (Å²) >= 11 is 0. The van der Waals surface area contributed by atoms with Gasteiger partial charge < -0.3 is 9.47 Å². The van der Waals surface area contributed by atoms with Crippen molar-refractivity contribution in [3.8, 4) is 5.75 Å². The van der Waals surface area contributed by atoms with Crippen molar-refractivity contribution < 1.29 is 14.3 Å². The van der Waals surface area contributed by atoms with Crippen LogP contribution in [0.1, 0.15) is 25.3 Å². The molecule has 0 fully saturated rings. The molecule has 0 aromatic heterocycles. The number of carbonyl (C=O) groups is 1. The number of hydrogen-bond donors (Lipinski definition) is 0. The molecule has 0 aliphatic carbocycles. The Hall–Kier alpha value is -1.77. The Kier molecular flexibility index (Phi) is 3.47. The first-order valence-corrected chi connectivity index (χ1v) is 5.82. The minimum Gasteiger partial charge on any atom is -0.497 e. The van der Waals surface area contributed by atoms with Gasteiger partial charge in [0.2, 0.25) is 0 Å². The van der Waals surface area contributed by atoms with Gasteiger partial charge in [-0.1, -0.05) is 25.5 Å². The van der Waals surface area contributed by atoms with E-state index < -0.39 is 0 Å². The van der Waals surface area contributed by atoms with Crippen molar-refractivity contribution in [2.75, 3.05) is 7.11 Å². The summed E-state index contributed by atoms with van der Waals surface area (Å²) in [4.78, 5) is 11.7. The van der Waals surface area contributed by atoms with Crippen molar-refractivity contribution in [2.45, 2.75) is 25.9 Å². The van der Waals surface area contributed by atoms with Gasteiger partial charge in [-0.3, -0.25) is 0 Å². The molecule has 3 heteroatoms. The molecule has 0 amide bonds. The molecule has 0 spiro atoms. The summed E-state index contributed by atoms with van der Waals surface area (Å²) in [6.07, 6.45) is 3.70. The monoisotopic (exact) mass is 232 g/mol. The number of carbonyl (C=O) groups excluding carboxylic acids is 1. The fourth-order valence-corrected chi connectivity index (χ4v) is 1.92. The normalized spacial score (nSPS) is 18.8. The molecule has 0 bridgehead atoms. The van der Waals surface area contributed by atoms with Gasteiger partial charge >= 0.3 is 5.97 Å². The number of rotatable bonds is 4. The summed E-state index contributed by atoms with van der Waals surface area (Å²) in [6.45, 7) is 2.07. The Morgan fingerprint density at radius 2 is 2.24 bits per heavy atom.